The van der Waals surface area contributed by atoms with E-state index < -0.39 is 0 Å². The smallest absolute Gasteiger partial charge is 0.229 e. The summed E-state index contributed by atoms with van der Waals surface area (Å²) in [6.07, 6.45) is 0.926. The standard InChI is InChI=1S/C12H15BrN2O2/c1-7-4-8(6-17-7)12(16)15-11-3-2-9(13)5-10(11)14/h2-3,5,7-8H,4,6,14H2,1H3,(H,15,16). The van der Waals surface area contributed by atoms with Crippen LogP contribution in [0.15, 0.2) is 22.7 Å². The van der Waals surface area contributed by atoms with Gasteiger partial charge in [-0.3, -0.25) is 4.79 Å². The molecule has 2 atom stereocenters. The molecule has 17 heavy (non-hydrogen) atoms. The molecule has 1 heterocycles. The molecule has 0 radical (unpaired) electrons. The van der Waals surface area contributed by atoms with Crippen LogP contribution in [0.25, 0.3) is 0 Å². The number of ether oxygens (including phenoxy) is 1. The number of nitrogens with two attached hydrogens (primary N) is 1. The molecular weight excluding hydrogens is 284 g/mol. The Balaban J connectivity index is 2.03. The molecule has 3 N–H and O–H groups in total. The zero-order valence-corrected chi connectivity index (χ0v) is 11.2. The van der Waals surface area contributed by atoms with Crippen LogP contribution >= 0.6 is 15.9 Å². The first-order valence-corrected chi connectivity index (χ1v) is 6.33. The van der Waals surface area contributed by atoms with Gasteiger partial charge in [0.15, 0.2) is 0 Å². The van der Waals surface area contributed by atoms with Crippen LogP contribution in [0.1, 0.15) is 13.3 Å². The van der Waals surface area contributed by atoms with E-state index in [2.05, 4.69) is 21.2 Å². The van der Waals surface area contributed by atoms with Gasteiger partial charge in [-0.15, -0.1) is 0 Å². The fourth-order valence-electron chi connectivity index (χ4n) is 1.88. The van der Waals surface area contributed by atoms with Gasteiger partial charge >= 0.3 is 0 Å². The molecule has 1 aliphatic heterocycles. The molecule has 1 aromatic rings. The lowest BCUT2D eigenvalue weighted by molar-refractivity contribution is -0.119. The number of hydrogen-bond donors (Lipinski definition) is 2. The molecule has 92 valence electrons. The molecule has 4 nitrogen and oxygen atoms in total. The highest BCUT2D eigenvalue weighted by Gasteiger charge is 2.28. The highest BCUT2D eigenvalue weighted by molar-refractivity contribution is 9.10. The Labute approximate surface area is 109 Å². The predicted molar refractivity (Wildman–Crippen MR) is 70.7 cm³/mol. The highest BCUT2D eigenvalue weighted by Crippen LogP contribution is 2.25. The molecule has 2 rings (SSSR count). The van der Waals surface area contributed by atoms with Crippen molar-refractivity contribution in [3.05, 3.63) is 22.7 Å². The molecule has 0 aromatic heterocycles. The lowest BCUT2D eigenvalue weighted by Gasteiger charge is -2.11. The summed E-state index contributed by atoms with van der Waals surface area (Å²) in [5.41, 5.74) is 7.03. The Morgan fingerprint density at radius 3 is 2.94 bits per heavy atom. The van der Waals surface area contributed by atoms with Crippen molar-refractivity contribution in [2.75, 3.05) is 17.7 Å². The topological polar surface area (TPSA) is 64.4 Å². The number of carbonyl (C=O) groups excluding carboxylic acids is 1. The maximum atomic E-state index is 11.9. The second-order valence-corrected chi connectivity index (χ2v) is 5.21. The molecule has 5 heteroatoms. The number of amides is 1. The van der Waals surface area contributed by atoms with Crippen molar-refractivity contribution in [1.29, 1.82) is 0 Å². The Morgan fingerprint density at radius 1 is 1.59 bits per heavy atom. The Hall–Kier alpha value is -1.07. The summed E-state index contributed by atoms with van der Waals surface area (Å²) in [5, 5.41) is 2.84. The van der Waals surface area contributed by atoms with Gasteiger partial charge in [0.1, 0.15) is 0 Å². The summed E-state index contributed by atoms with van der Waals surface area (Å²) in [7, 11) is 0. The zero-order valence-electron chi connectivity index (χ0n) is 9.57. The minimum Gasteiger partial charge on any atom is -0.397 e. The lowest BCUT2D eigenvalue weighted by atomic mass is 10.1. The summed E-state index contributed by atoms with van der Waals surface area (Å²) in [6.45, 7) is 2.46. The zero-order chi connectivity index (χ0) is 12.4. The minimum atomic E-state index is -0.0759. The second kappa shape index (κ2) is 5.06. The highest BCUT2D eigenvalue weighted by atomic mass is 79.9. The van der Waals surface area contributed by atoms with Crippen molar-refractivity contribution < 1.29 is 9.53 Å². The third-order valence-corrected chi connectivity index (χ3v) is 3.33. The van der Waals surface area contributed by atoms with Gasteiger partial charge in [0.2, 0.25) is 5.91 Å². The van der Waals surface area contributed by atoms with Crippen molar-refractivity contribution in [1.82, 2.24) is 0 Å². The lowest BCUT2D eigenvalue weighted by Crippen LogP contribution is -2.23. The minimum absolute atomic E-state index is 0.0247. The molecule has 2 unspecified atom stereocenters. The molecule has 1 saturated heterocycles. The molecule has 0 aliphatic carbocycles. The normalized spacial score (nSPS) is 23.6. The number of nitrogens with one attached hydrogen (secondary N) is 1. The van der Waals surface area contributed by atoms with Crippen molar-refractivity contribution in [3.8, 4) is 0 Å². The van der Waals surface area contributed by atoms with Crippen molar-refractivity contribution >= 4 is 33.2 Å². The second-order valence-electron chi connectivity index (χ2n) is 4.30. The van der Waals surface area contributed by atoms with Gasteiger partial charge in [-0.25, -0.2) is 0 Å². The number of rotatable bonds is 2. The van der Waals surface area contributed by atoms with Crippen LogP contribution in [0.4, 0.5) is 11.4 Å². The molecular formula is C12H15BrN2O2. The van der Waals surface area contributed by atoms with Crippen LogP contribution in [0.2, 0.25) is 0 Å². The fourth-order valence-corrected chi connectivity index (χ4v) is 2.26. The van der Waals surface area contributed by atoms with Gasteiger partial charge in [-0.1, -0.05) is 15.9 Å². The summed E-state index contributed by atoms with van der Waals surface area (Å²) < 4.78 is 6.27. The molecule has 1 aliphatic rings. The van der Waals surface area contributed by atoms with E-state index in [1.54, 1.807) is 12.1 Å². The molecule has 0 bridgehead atoms. The first-order valence-electron chi connectivity index (χ1n) is 5.53. The summed E-state index contributed by atoms with van der Waals surface area (Å²) in [6, 6.07) is 5.40. The van der Waals surface area contributed by atoms with E-state index in [0.717, 1.165) is 10.9 Å². The van der Waals surface area contributed by atoms with E-state index >= 15 is 0 Å². The number of carbonyl (C=O) groups is 1. The van der Waals surface area contributed by atoms with Crippen LogP contribution < -0.4 is 11.1 Å². The summed E-state index contributed by atoms with van der Waals surface area (Å²) in [5.74, 6) is -0.101. The fraction of sp³-hybridized carbons (Fsp3) is 0.417. The van der Waals surface area contributed by atoms with Crippen molar-refractivity contribution in [3.63, 3.8) is 0 Å². The van der Waals surface area contributed by atoms with E-state index in [4.69, 9.17) is 10.5 Å². The van der Waals surface area contributed by atoms with E-state index in [0.29, 0.717) is 18.0 Å². The van der Waals surface area contributed by atoms with Crippen LogP contribution in [-0.2, 0) is 9.53 Å². The SMILES string of the molecule is CC1CC(C(=O)Nc2ccc(Br)cc2N)CO1. The molecule has 0 spiro atoms. The average molecular weight is 299 g/mol. The Morgan fingerprint density at radius 2 is 2.35 bits per heavy atom. The molecule has 1 amide bonds. The molecule has 1 fully saturated rings. The number of halogens is 1. The van der Waals surface area contributed by atoms with E-state index in [1.807, 2.05) is 13.0 Å². The van der Waals surface area contributed by atoms with Gasteiger partial charge in [0.25, 0.3) is 0 Å². The van der Waals surface area contributed by atoms with Crippen LogP contribution in [0, 0.1) is 5.92 Å². The van der Waals surface area contributed by atoms with Crippen LogP contribution in [0.3, 0.4) is 0 Å². The van der Waals surface area contributed by atoms with Gasteiger partial charge < -0.3 is 15.8 Å². The Kier molecular flexibility index (Phi) is 3.69. The van der Waals surface area contributed by atoms with Gasteiger partial charge in [0.05, 0.1) is 30.0 Å². The Bertz CT molecular complexity index is 437. The predicted octanol–water partition coefficient (Wildman–Crippen LogP) is 2.39. The van der Waals surface area contributed by atoms with E-state index in [9.17, 15) is 4.79 Å². The quantitative estimate of drug-likeness (QED) is 0.824. The average Bonchev–Trinajstić information content (AvgIpc) is 2.69. The van der Waals surface area contributed by atoms with Crippen LogP contribution in [0.5, 0.6) is 0 Å². The largest absolute Gasteiger partial charge is 0.397 e. The first-order chi connectivity index (χ1) is 8.06. The summed E-state index contributed by atoms with van der Waals surface area (Å²) >= 11 is 3.32. The number of nitrogen functional groups attached to an aromatic ring is 1. The maximum absolute atomic E-state index is 11.9. The van der Waals surface area contributed by atoms with Gasteiger partial charge in [0, 0.05) is 4.47 Å². The molecule has 0 saturated carbocycles. The molecule has 1 aromatic carbocycles. The number of hydrogen-bond acceptors (Lipinski definition) is 3. The monoisotopic (exact) mass is 298 g/mol. The third kappa shape index (κ3) is 2.98. The van der Waals surface area contributed by atoms with Crippen molar-refractivity contribution in [2.24, 2.45) is 5.92 Å². The third-order valence-electron chi connectivity index (χ3n) is 2.84. The van der Waals surface area contributed by atoms with E-state index in [1.165, 1.54) is 0 Å². The summed E-state index contributed by atoms with van der Waals surface area (Å²) in [4.78, 5) is 11.9. The van der Waals surface area contributed by atoms with Gasteiger partial charge in [-0.2, -0.15) is 0 Å². The number of benzene rings is 1. The van der Waals surface area contributed by atoms with Crippen LogP contribution in [-0.4, -0.2) is 18.6 Å². The van der Waals surface area contributed by atoms with Crippen molar-refractivity contribution in [2.45, 2.75) is 19.4 Å². The van der Waals surface area contributed by atoms with Gasteiger partial charge in [-0.05, 0) is 31.5 Å². The maximum Gasteiger partial charge on any atom is 0.229 e. The van der Waals surface area contributed by atoms with E-state index in [-0.39, 0.29) is 17.9 Å². The number of anilines is 2. The first kappa shape index (κ1) is 12.4.